The predicted octanol–water partition coefficient (Wildman–Crippen LogP) is 2.73. The Morgan fingerprint density at radius 3 is 2.73 bits per heavy atom. The standard InChI is InChI=1S/C18H22N2O2/c1-19-11-12-20(17(14-19)15-6-3-2-4-7-15)18(21)10-9-16-8-5-13-22-16/h2-8,13,17H,9-12,14H2,1H3/t17-/m1/s1. The maximum Gasteiger partial charge on any atom is 0.223 e. The summed E-state index contributed by atoms with van der Waals surface area (Å²) in [5.74, 6) is 1.08. The van der Waals surface area contributed by atoms with Gasteiger partial charge in [0.1, 0.15) is 5.76 Å². The molecule has 1 atom stereocenters. The van der Waals surface area contributed by atoms with Crippen molar-refractivity contribution in [3.05, 3.63) is 60.1 Å². The highest BCUT2D eigenvalue weighted by Crippen LogP contribution is 2.25. The molecule has 0 unspecified atom stereocenters. The van der Waals surface area contributed by atoms with Gasteiger partial charge in [-0.3, -0.25) is 4.79 Å². The second-order valence-electron chi connectivity index (χ2n) is 5.86. The van der Waals surface area contributed by atoms with Gasteiger partial charge in [0.15, 0.2) is 0 Å². The van der Waals surface area contributed by atoms with Crippen LogP contribution in [0.25, 0.3) is 0 Å². The third kappa shape index (κ3) is 3.39. The summed E-state index contributed by atoms with van der Waals surface area (Å²) in [7, 11) is 2.11. The van der Waals surface area contributed by atoms with Crippen LogP contribution in [0.5, 0.6) is 0 Å². The van der Waals surface area contributed by atoms with Crippen LogP contribution in [0.15, 0.2) is 53.1 Å². The lowest BCUT2D eigenvalue weighted by Crippen LogP contribution is -2.49. The number of hydrogen-bond acceptors (Lipinski definition) is 3. The molecule has 0 radical (unpaired) electrons. The molecule has 1 aromatic heterocycles. The molecule has 1 aromatic carbocycles. The van der Waals surface area contributed by atoms with Crippen molar-refractivity contribution < 1.29 is 9.21 Å². The lowest BCUT2D eigenvalue weighted by Gasteiger charge is -2.40. The highest BCUT2D eigenvalue weighted by Gasteiger charge is 2.29. The minimum Gasteiger partial charge on any atom is -0.469 e. The molecule has 1 aliphatic heterocycles. The molecule has 0 saturated carbocycles. The molecule has 1 amide bonds. The van der Waals surface area contributed by atoms with Crippen molar-refractivity contribution in [3.63, 3.8) is 0 Å². The van der Waals surface area contributed by atoms with Gasteiger partial charge in [0.2, 0.25) is 5.91 Å². The molecule has 2 heterocycles. The summed E-state index contributed by atoms with van der Waals surface area (Å²) in [6.45, 7) is 2.60. The van der Waals surface area contributed by atoms with Crippen LogP contribution in [0, 0.1) is 0 Å². The Morgan fingerprint density at radius 2 is 2.00 bits per heavy atom. The molecule has 0 N–H and O–H groups in total. The van der Waals surface area contributed by atoms with Gasteiger partial charge in [-0.2, -0.15) is 0 Å². The molecular weight excluding hydrogens is 276 g/mol. The van der Waals surface area contributed by atoms with E-state index in [1.54, 1.807) is 6.26 Å². The topological polar surface area (TPSA) is 36.7 Å². The van der Waals surface area contributed by atoms with Crippen LogP contribution in [-0.2, 0) is 11.2 Å². The van der Waals surface area contributed by atoms with E-state index < -0.39 is 0 Å². The highest BCUT2D eigenvalue weighted by atomic mass is 16.3. The van der Waals surface area contributed by atoms with E-state index in [4.69, 9.17) is 4.42 Å². The van der Waals surface area contributed by atoms with Crippen LogP contribution in [0.2, 0.25) is 0 Å². The second kappa shape index (κ2) is 6.79. The fourth-order valence-corrected chi connectivity index (χ4v) is 3.01. The van der Waals surface area contributed by atoms with E-state index in [1.807, 2.05) is 35.2 Å². The number of piperazine rings is 1. The first kappa shape index (κ1) is 14.9. The van der Waals surface area contributed by atoms with E-state index in [-0.39, 0.29) is 11.9 Å². The average Bonchev–Trinajstić information content (AvgIpc) is 3.07. The molecular formula is C18H22N2O2. The molecule has 4 heteroatoms. The molecule has 1 fully saturated rings. The van der Waals surface area contributed by atoms with E-state index in [0.717, 1.165) is 25.4 Å². The smallest absolute Gasteiger partial charge is 0.223 e. The summed E-state index contributed by atoms with van der Waals surface area (Å²) in [5, 5.41) is 0. The van der Waals surface area contributed by atoms with Crippen LogP contribution in [0.1, 0.15) is 23.8 Å². The van der Waals surface area contributed by atoms with Crippen LogP contribution in [0.4, 0.5) is 0 Å². The van der Waals surface area contributed by atoms with Gasteiger partial charge in [0.25, 0.3) is 0 Å². The minimum atomic E-state index is 0.143. The van der Waals surface area contributed by atoms with Gasteiger partial charge in [-0.15, -0.1) is 0 Å². The number of nitrogens with zero attached hydrogens (tertiary/aromatic N) is 2. The van der Waals surface area contributed by atoms with E-state index in [1.165, 1.54) is 5.56 Å². The van der Waals surface area contributed by atoms with Crippen LogP contribution in [0.3, 0.4) is 0 Å². The first-order chi connectivity index (χ1) is 10.7. The summed E-state index contributed by atoms with van der Waals surface area (Å²) in [5.41, 5.74) is 1.21. The van der Waals surface area contributed by atoms with Gasteiger partial charge in [0, 0.05) is 32.5 Å². The average molecular weight is 298 g/mol. The number of carbonyl (C=O) groups is 1. The second-order valence-corrected chi connectivity index (χ2v) is 5.86. The Bertz CT molecular complexity index is 595. The van der Waals surface area contributed by atoms with E-state index in [9.17, 15) is 4.79 Å². The molecule has 2 aromatic rings. The Kier molecular flexibility index (Phi) is 4.59. The van der Waals surface area contributed by atoms with Crippen molar-refractivity contribution in [2.24, 2.45) is 0 Å². The van der Waals surface area contributed by atoms with Gasteiger partial charge in [-0.25, -0.2) is 0 Å². The zero-order chi connectivity index (χ0) is 15.4. The fourth-order valence-electron chi connectivity index (χ4n) is 3.01. The number of aryl methyl sites for hydroxylation is 1. The van der Waals surface area contributed by atoms with Crippen molar-refractivity contribution in [2.45, 2.75) is 18.9 Å². The summed E-state index contributed by atoms with van der Waals surface area (Å²) in [6.07, 6.45) is 2.82. The zero-order valence-electron chi connectivity index (χ0n) is 12.9. The normalized spacial score (nSPS) is 19.3. The maximum atomic E-state index is 12.6. The molecule has 22 heavy (non-hydrogen) atoms. The SMILES string of the molecule is CN1CCN(C(=O)CCc2ccco2)[C@@H](c2ccccc2)C1. The van der Waals surface area contributed by atoms with E-state index >= 15 is 0 Å². The molecule has 1 saturated heterocycles. The number of furan rings is 1. The largest absolute Gasteiger partial charge is 0.469 e. The summed E-state index contributed by atoms with van der Waals surface area (Å²) < 4.78 is 5.32. The van der Waals surface area contributed by atoms with E-state index in [2.05, 4.69) is 24.1 Å². The Balaban J connectivity index is 1.70. The summed E-state index contributed by atoms with van der Waals surface area (Å²) in [6, 6.07) is 14.2. The van der Waals surface area contributed by atoms with Gasteiger partial charge in [-0.1, -0.05) is 30.3 Å². The maximum absolute atomic E-state index is 12.6. The predicted molar refractivity (Wildman–Crippen MR) is 85.4 cm³/mol. The molecule has 3 rings (SSSR count). The van der Waals surface area contributed by atoms with Gasteiger partial charge in [-0.05, 0) is 24.7 Å². The fraction of sp³-hybridized carbons (Fsp3) is 0.389. The van der Waals surface area contributed by atoms with Crippen molar-refractivity contribution in [3.8, 4) is 0 Å². The molecule has 0 aliphatic carbocycles. The van der Waals surface area contributed by atoms with Crippen LogP contribution < -0.4 is 0 Å². The molecule has 116 valence electrons. The summed E-state index contributed by atoms with van der Waals surface area (Å²) >= 11 is 0. The Hall–Kier alpha value is -2.07. The molecule has 4 nitrogen and oxygen atoms in total. The van der Waals surface area contributed by atoms with Crippen molar-refractivity contribution >= 4 is 5.91 Å². The summed E-state index contributed by atoms with van der Waals surface area (Å²) in [4.78, 5) is 17.0. The number of carbonyl (C=O) groups excluding carboxylic acids is 1. The zero-order valence-corrected chi connectivity index (χ0v) is 12.9. The van der Waals surface area contributed by atoms with Crippen LogP contribution >= 0.6 is 0 Å². The highest BCUT2D eigenvalue weighted by molar-refractivity contribution is 5.77. The van der Waals surface area contributed by atoms with E-state index in [0.29, 0.717) is 12.8 Å². The van der Waals surface area contributed by atoms with Gasteiger partial charge >= 0.3 is 0 Å². The van der Waals surface area contributed by atoms with Crippen LogP contribution in [-0.4, -0.2) is 42.4 Å². The molecule has 0 spiro atoms. The quantitative estimate of drug-likeness (QED) is 0.871. The molecule has 0 bridgehead atoms. The number of hydrogen-bond donors (Lipinski definition) is 0. The van der Waals surface area contributed by atoms with Crippen molar-refractivity contribution in [1.29, 1.82) is 0 Å². The Labute approximate surface area is 131 Å². The number of likely N-dealkylation sites (N-methyl/N-ethyl adjacent to an activating group) is 1. The monoisotopic (exact) mass is 298 g/mol. The van der Waals surface area contributed by atoms with Crippen molar-refractivity contribution in [1.82, 2.24) is 9.80 Å². The first-order valence-corrected chi connectivity index (χ1v) is 7.79. The van der Waals surface area contributed by atoms with Crippen molar-refractivity contribution in [2.75, 3.05) is 26.7 Å². The lowest BCUT2D eigenvalue weighted by molar-refractivity contribution is -0.136. The first-order valence-electron chi connectivity index (χ1n) is 7.79. The molecule has 1 aliphatic rings. The van der Waals surface area contributed by atoms with Gasteiger partial charge < -0.3 is 14.2 Å². The number of benzene rings is 1. The minimum absolute atomic E-state index is 0.143. The Morgan fingerprint density at radius 1 is 1.18 bits per heavy atom. The third-order valence-corrected chi connectivity index (χ3v) is 4.25. The van der Waals surface area contributed by atoms with Gasteiger partial charge in [0.05, 0.1) is 12.3 Å². The lowest BCUT2D eigenvalue weighted by atomic mass is 10.0. The number of rotatable bonds is 4. The number of amides is 1. The third-order valence-electron chi connectivity index (χ3n) is 4.25.